The van der Waals surface area contributed by atoms with Crippen LogP contribution in [0.5, 0.6) is 5.75 Å². The Kier molecular flexibility index (Phi) is 5.14. The zero-order chi connectivity index (χ0) is 22.9. The summed E-state index contributed by atoms with van der Waals surface area (Å²) >= 11 is 0. The maximum atomic E-state index is 12.8. The standard InChI is InChI=1S/C24H21N5O4/c1-16-14-20(29(25-16)17-6-4-3-5-7-17)23-21(30)10-11-28(26-23)19-9-8-18(15-22(19)32-2)27-12-13-33-24(27)31/h3-11,14-15H,12-13H2,1-2H3. The van der Waals surface area contributed by atoms with E-state index >= 15 is 0 Å². The minimum absolute atomic E-state index is 0.223. The lowest BCUT2D eigenvalue weighted by Gasteiger charge is -2.17. The van der Waals surface area contributed by atoms with Gasteiger partial charge < -0.3 is 9.47 Å². The van der Waals surface area contributed by atoms with Crippen molar-refractivity contribution >= 4 is 11.8 Å². The Morgan fingerprint density at radius 1 is 0.970 bits per heavy atom. The van der Waals surface area contributed by atoms with E-state index in [1.54, 1.807) is 40.9 Å². The van der Waals surface area contributed by atoms with Gasteiger partial charge in [0.15, 0.2) is 5.69 Å². The van der Waals surface area contributed by atoms with Crippen molar-refractivity contribution < 1.29 is 14.3 Å². The predicted molar refractivity (Wildman–Crippen MR) is 122 cm³/mol. The molecule has 1 aliphatic rings. The fourth-order valence-corrected chi connectivity index (χ4v) is 3.80. The normalized spacial score (nSPS) is 13.3. The summed E-state index contributed by atoms with van der Waals surface area (Å²) in [4.78, 5) is 26.3. The quantitative estimate of drug-likeness (QED) is 0.470. The Morgan fingerprint density at radius 2 is 1.79 bits per heavy atom. The summed E-state index contributed by atoms with van der Waals surface area (Å²) < 4.78 is 13.9. The van der Waals surface area contributed by atoms with Gasteiger partial charge in [-0.1, -0.05) is 18.2 Å². The number of aromatic nitrogens is 4. The number of cyclic esters (lactones) is 1. The van der Waals surface area contributed by atoms with Gasteiger partial charge >= 0.3 is 6.09 Å². The van der Waals surface area contributed by atoms with Crippen LogP contribution in [0, 0.1) is 6.92 Å². The number of methoxy groups -OCH3 is 1. The molecule has 0 unspecified atom stereocenters. The van der Waals surface area contributed by atoms with Crippen LogP contribution in [0.1, 0.15) is 5.69 Å². The van der Waals surface area contributed by atoms with Crippen LogP contribution in [0.4, 0.5) is 10.5 Å². The third-order valence-corrected chi connectivity index (χ3v) is 5.37. The highest BCUT2D eigenvalue weighted by Crippen LogP contribution is 2.30. The van der Waals surface area contributed by atoms with Gasteiger partial charge in [0, 0.05) is 18.3 Å². The highest BCUT2D eigenvalue weighted by Gasteiger charge is 2.25. The second-order valence-corrected chi connectivity index (χ2v) is 7.51. The van der Waals surface area contributed by atoms with Gasteiger partial charge in [0.25, 0.3) is 0 Å². The molecule has 0 N–H and O–H groups in total. The molecular formula is C24H21N5O4. The summed E-state index contributed by atoms with van der Waals surface area (Å²) in [6.07, 6.45) is 1.20. The van der Waals surface area contributed by atoms with Crippen molar-refractivity contribution in [3.63, 3.8) is 0 Å². The van der Waals surface area contributed by atoms with E-state index in [2.05, 4.69) is 10.2 Å². The zero-order valence-electron chi connectivity index (χ0n) is 18.1. The molecule has 1 aliphatic heterocycles. The lowest BCUT2D eigenvalue weighted by atomic mass is 10.2. The molecular weight excluding hydrogens is 422 g/mol. The number of rotatable bonds is 5. The van der Waals surface area contributed by atoms with Gasteiger partial charge in [0.05, 0.1) is 36.4 Å². The van der Waals surface area contributed by atoms with Crippen molar-refractivity contribution in [1.82, 2.24) is 19.6 Å². The summed E-state index contributed by atoms with van der Waals surface area (Å²) in [6.45, 7) is 2.70. The summed E-state index contributed by atoms with van der Waals surface area (Å²) in [5.74, 6) is 0.502. The molecule has 2 aromatic carbocycles. The molecule has 0 atom stereocenters. The molecule has 1 saturated heterocycles. The molecule has 4 aromatic rings. The van der Waals surface area contributed by atoms with Crippen LogP contribution in [0.2, 0.25) is 0 Å². The van der Waals surface area contributed by atoms with Crippen LogP contribution in [-0.4, -0.2) is 45.9 Å². The molecule has 1 amide bonds. The smallest absolute Gasteiger partial charge is 0.414 e. The van der Waals surface area contributed by atoms with E-state index in [9.17, 15) is 9.59 Å². The molecule has 33 heavy (non-hydrogen) atoms. The number of amides is 1. The molecule has 9 heteroatoms. The number of ether oxygens (including phenoxy) is 2. The van der Waals surface area contributed by atoms with Crippen molar-refractivity contribution in [3.05, 3.63) is 82.8 Å². The Balaban J connectivity index is 1.60. The average Bonchev–Trinajstić information content (AvgIpc) is 3.45. The maximum Gasteiger partial charge on any atom is 0.414 e. The first-order chi connectivity index (χ1) is 16.0. The van der Waals surface area contributed by atoms with Gasteiger partial charge in [0.1, 0.15) is 18.0 Å². The van der Waals surface area contributed by atoms with E-state index in [4.69, 9.17) is 9.47 Å². The fourth-order valence-electron chi connectivity index (χ4n) is 3.80. The largest absolute Gasteiger partial charge is 0.494 e. The fraction of sp³-hybridized carbons (Fsp3) is 0.167. The summed E-state index contributed by atoms with van der Waals surface area (Å²) in [6, 6.07) is 18.2. The third kappa shape index (κ3) is 3.73. The van der Waals surface area contributed by atoms with Gasteiger partial charge in [-0.05, 0) is 37.3 Å². The second-order valence-electron chi connectivity index (χ2n) is 7.51. The van der Waals surface area contributed by atoms with Crippen molar-refractivity contribution in [2.24, 2.45) is 0 Å². The highest BCUT2D eigenvalue weighted by molar-refractivity contribution is 5.89. The lowest BCUT2D eigenvalue weighted by Crippen LogP contribution is -2.23. The number of hydrogen-bond acceptors (Lipinski definition) is 6. The first kappa shape index (κ1) is 20.5. The molecule has 0 bridgehead atoms. The number of benzene rings is 2. The van der Waals surface area contributed by atoms with Gasteiger partial charge in [-0.3, -0.25) is 9.69 Å². The SMILES string of the molecule is COc1cc(N2CCOC2=O)ccc1-n1ccc(=O)c(-c2cc(C)nn2-c2ccccc2)n1. The average molecular weight is 443 g/mol. The number of anilines is 1. The Hall–Kier alpha value is -4.40. The topological polar surface area (TPSA) is 91.5 Å². The van der Waals surface area contributed by atoms with Crippen molar-refractivity contribution in [1.29, 1.82) is 0 Å². The van der Waals surface area contributed by atoms with Crippen molar-refractivity contribution in [3.8, 4) is 28.5 Å². The number of aryl methyl sites for hydroxylation is 1. The second kappa shape index (κ2) is 8.27. The predicted octanol–water partition coefficient (Wildman–Crippen LogP) is 3.36. The Morgan fingerprint density at radius 3 is 2.52 bits per heavy atom. The molecule has 0 aliphatic carbocycles. The van der Waals surface area contributed by atoms with Crippen LogP contribution in [0.25, 0.3) is 22.8 Å². The van der Waals surface area contributed by atoms with Crippen LogP contribution in [0.3, 0.4) is 0 Å². The monoisotopic (exact) mass is 443 g/mol. The molecule has 1 fully saturated rings. The van der Waals surface area contributed by atoms with E-state index in [0.29, 0.717) is 36.0 Å². The van der Waals surface area contributed by atoms with Gasteiger partial charge in [-0.25, -0.2) is 14.2 Å². The van der Waals surface area contributed by atoms with E-state index in [0.717, 1.165) is 11.4 Å². The minimum atomic E-state index is -0.391. The molecule has 0 radical (unpaired) electrons. The molecule has 9 nitrogen and oxygen atoms in total. The molecule has 2 aromatic heterocycles. The molecule has 166 valence electrons. The number of carbonyl (C=O) groups is 1. The van der Waals surface area contributed by atoms with Crippen LogP contribution in [-0.2, 0) is 4.74 Å². The van der Waals surface area contributed by atoms with E-state index in [-0.39, 0.29) is 11.1 Å². The van der Waals surface area contributed by atoms with Gasteiger partial charge in [0.2, 0.25) is 5.43 Å². The first-order valence-corrected chi connectivity index (χ1v) is 10.4. The van der Waals surface area contributed by atoms with Crippen LogP contribution >= 0.6 is 0 Å². The molecule has 0 saturated carbocycles. The molecule has 3 heterocycles. The maximum absolute atomic E-state index is 12.8. The van der Waals surface area contributed by atoms with E-state index in [1.807, 2.05) is 43.3 Å². The number of hydrogen-bond donors (Lipinski definition) is 0. The Bertz CT molecular complexity index is 1390. The zero-order valence-corrected chi connectivity index (χ0v) is 18.1. The van der Waals surface area contributed by atoms with E-state index in [1.165, 1.54) is 11.0 Å². The number of carbonyl (C=O) groups excluding carboxylic acids is 1. The lowest BCUT2D eigenvalue weighted by molar-refractivity contribution is 0.181. The van der Waals surface area contributed by atoms with Crippen molar-refractivity contribution in [2.75, 3.05) is 25.2 Å². The van der Waals surface area contributed by atoms with Gasteiger partial charge in [-0.2, -0.15) is 10.2 Å². The molecule has 5 rings (SSSR count). The van der Waals surface area contributed by atoms with Crippen molar-refractivity contribution in [2.45, 2.75) is 6.92 Å². The highest BCUT2D eigenvalue weighted by atomic mass is 16.6. The Labute approximate surface area is 189 Å². The number of para-hydroxylation sites is 1. The summed E-state index contributed by atoms with van der Waals surface area (Å²) in [7, 11) is 1.54. The molecule has 0 spiro atoms. The third-order valence-electron chi connectivity index (χ3n) is 5.37. The summed E-state index contributed by atoms with van der Waals surface area (Å²) in [5, 5.41) is 9.17. The van der Waals surface area contributed by atoms with Gasteiger partial charge in [-0.15, -0.1) is 0 Å². The number of nitrogens with zero attached hydrogens (tertiary/aromatic N) is 5. The van der Waals surface area contributed by atoms with Crippen LogP contribution in [0.15, 0.2) is 71.7 Å². The summed E-state index contributed by atoms with van der Waals surface area (Å²) in [5.41, 5.74) is 3.51. The van der Waals surface area contributed by atoms with Crippen LogP contribution < -0.4 is 15.1 Å². The first-order valence-electron chi connectivity index (χ1n) is 10.4. The minimum Gasteiger partial charge on any atom is -0.494 e. The van der Waals surface area contributed by atoms with E-state index < -0.39 is 6.09 Å².